The molecule has 0 rings (SSSR count). The standard InChI is InChI=1S/C28H43NO/c1-13-19(8)23(12)27(22(11)18(6)7)28(29)26(20(9)14-2)24(15-3)25(16-30)21(10)17(4)5/h13,29-30H,4,10,14-16H2,1-3,5-9,11-12H3/b19-13-,25-24-,26-20+,27-23-,29-28?. The Balaban J connectivity index is 7.39. The zero-order chi connectivity index (χ0) is 23.8. The van der Waals surface area contributed by atoms with Crippen molar-refractivity contribution in [2.45, 2.75) is 82.1 Å². The van der Waals surface area contributed by atoms with Crippen LogP contribution in [0.15, 0.2) is 80.5 Å². The van der Waals surface area contributed by atoms with E-state index in [9.17, 15) is 10.5 Å². The quantitative estimate of drug-likeness (QED) is 0.277. The molecule has 0 bridgehead atoms. The van der Waals surface area contributed by atoms with Crippen molar-refractivity contribution < 1.29 is 5.11 Å². The number of allylic oxidation sites excluding steroid dienone is 10. The van der Waals surface area contributed by atoms with E-state index < -0.39 is 0 Å². The van der Waals surface area contributed by atoms with Crippen LogP contribution in [0, 0.1) is 5.41 Å². The molecule has 0 aliphatic heterocycles. The third-order valence-corrected chi connectivity index (χ3v) is 6.04. The van der Waals surface area contributed by atoms with Gasteiger partial charge in [0.05, 0.1) is 12.3 Å². The summed E-state index contributed by atoms with van der Waals surface area (Å²) in [4.78, 5) is 0. The normalized spacial score (nSPS) is 14.4. The summed E-state index contributed by atoms with van der Waals surface area (Å²) >= 11 is 0. The van der Waals surface area contributed by atoms with E-state index in [1.165, 1.54) is 11.1 Å². The van der Waals surface area contributed by atoms with Gasteiger partial charge in [-0.15, -0.1) is 0 Å². The van der Waals surface area contributed by atoms with E-state index in [0.29, 0.717) is 12.1 Å². The van der Waals surface area contributed by atoms with E-state index in [1.54, 1.807) is 0 Å². The van der Waals surface area contributed by atoms with Crippen molar-refractivity contribution in [1.82, 2.24) is 0 Å². The van der Waals surface area contributed by atoms with Gasteiger partial charge >= 0.3 is 0 Å². The smallest absolute Gasteiger partial charge is 0.0692 e. The summed E-state index contributed by atoms with van der Waals surface area (Å²) < 4.78 is 0. The second-order valence-electron chi connectivity index (χ2n) is 8.21. The van der Waals surface area contributed by atoms with Gasteiger partial charge in [-0.2, -0.15) is 0 Å². The number of nitrogens with one attached hydrogen (secondary N) is 1. The summed E-state index contributed by atoms with van der Waals surface area (Å²) in [5.41, 5.74) is 11.5. The highest BCUT2D eigenvalue weighted by atomic mass is 16.3. The monoisotopic (exact) mass is 409 g/mol. The van der Waals surface area contributed by atoms with Crippen LogP contribution >= 0.6 is 0 Å². The molecule has 0 atom stereocenters. The molecule has 0 aliphatic carbocycles. The molecule has 2 N–H and O–H groups in total. The molecule has 0 spiro atoms. The van der Waals surface area contributed by atoms with Gasteiger partial charge in [-0.3, -0.25) is 5.41 Å². The molecule has 0 radical (unpaired) electrons. The fourth-order valence-corrected chi connectivity index (χ4v) is 3.42. The van der Waals surface area contributed by atoms with Gasteiger partial charge in [0.1, 0.15) is 0 Å². The lowest BCUT2D eigenvalue weighted by atomic mass is 9.80. The van der Waals surface area contributed by atoms with Crippen LogP contribution in [0.1, 0.15) is 82.1 Å². The van der Waals surface area contributed by atoms with Crippen molar-refractivity contribution in [3.63, 3.8) is 0 Å². The van der Waals surface area contributed by atoms with Gasteiger partial charge < -0.3 is 5.11 Å². The van der Waals surface area contributed by atoms with Crippen LogP contribution in [0.4, 0.5) is 0 Å². The molecule has 2 nitrogen and oxygen atoms in total. The maximum atomic E-state index is 10.2. The fraction of sp³-hybridized carbons (Fsp3) is 0.464. The van der Waals surface area contributed by atoms with Gasteiger partial charge in [0.15, 0.2) is 0 Å². The van der Waals surface area contributed by atoms with E-state index >= 15 is 0 Å². The average molecular weight is 410 g/mol. The summed E-state index contributed by atoms with van der Waals surface area (Å²) in [6.45, 7) is 28.8. The Hall–Kier alpha value is -2.19. The van der Waals surface area contributed by atoms with E-state index in [1.807, 2.05) is 13.8 Å². The molecule has 0 aromatic carbocycles. The van der Waals surface area contributed by atoms with Crippen LogP contribution in [0.25, 0.3) is 0 Å². The van der Waals surface area contributed by atoms with Crippen molar-refractivity contribution in [1.29, 1.82) is 5.41 Å². The van der Waals surface area contributed by atoms with Crippen LogP contribution in [0.2, 0.25) is 0 Å². The molecule has 0 fully saturated rings. The molecule has 0 saturated heterocycles. The summed E-state index contributed by atoms with van der Waals surface area (Å²) in [6, 6.07) is 0. The number of aliphatic hydroxyl groups excluding tert-OH is 1. The minimum atomic E-state index is -0.115. The van der Waals surface area contributed by atoms with Crippen LogP contribution in [-0.4, -0.2) is 17.4 Å². The molecule has 166 valence electrons. The highest BCUT2D eigenvalue weighted by Crippen LogP contribution is 2.34. The largest absolute Gasteiger partial charge is 0.392 e. The molecule has 0 saturated carbocycles. The van der Waals surface area contributed by atoms with Crippen LogP contribution < -0.4 is 0 Å². The Morgan fingerprint density at radius 1 is 0.833 bits per heavy atom. The van der Waals surface area contributed by atoms with Gasteiger partial charge in [-0.25, -0.2) is 0 Å². The first-order valence-corrected chi connectivity index (χ1v) is 10.9. The molecular formula is C28H43NO. The lowest BCUT2D eigenvalue weighted by Crippen LogP contribution is -2.16. The highest BCUT2D eigenvalue weighted by molar-refractivity contribution is 6.17. The van der Waals surface area contributed by atoms with Crippen molar-refractivity contribution in [3.8, 4) is 0 Å². The molecule has 0 heterocycles. The maximum Gasteiger partial charge on any atom is 0.0692 e. The Morgan fingerprint density at radius 3 is 1.70 bits per heavy atom. The second kappa shape index (κ2) is 12.5. The SMILES string of the molecule is C=C(C)C(=C)/C(CO)=C(CC)\C(C(=N)/C(C(C)=C(C)C)=C(C)\C(C)=C/C)=C(\C)CC. The van der Waals surface area contributed by atoms with E-state index in [-0.39, 0.29) is 6.61 Å². The minimum Gasteiger partial charge on any atom is -0.392 e. The van der Waals surface area contributed by atoms with Gasteiger partial charge in [-0.1, -0.05) is 55.4 Å². The van der Waals surface area contributed by atoms with Gasteiger partial charge in [-0.05, 0) is 96.1 Å². The van der Waals surface area contributed by atoms with E-state index in [4.69, 9.17) is 0 Å². The first kappa shape index (κ1) is 27.8. The Labute approximate surface area is 185 Å². The first-order chi connectivity index (χ1) is 13.9. The van der Waals surface area contributed by atoms with Crippen molar-refractivity contribution in [2.24, 2.45) is 0 Å². The molecule has 0 unspecified atom stereocenters. The maximum absolute atomic E-state index is 10.2. The number of aliphatic hydroxyl groups is 1. The Morgan fingerprint density at radius 2 is 1.37 bits per heavy atom. The van der Waals surface area contributed by atoms with Gasteiger partial charge in [0, 0.05) is 11.1 Å². The molecule has 0 aromatic rings. The summed E-state index contributed by atoms with van der Waals surface area (Å²) in [6.07, 6.45) is 3.64. The molecule has 30 heavy (non-hydrogen) atoms. The number of hydrogen-bond donors (Lipinski definition) is 2. The molecular weight excluding hydrogens is 366 g/mol. The summed E-state index contributed by atoms with van der Waals surface area (Å²) in [5.74, 6) is 0. The Kier molecular flexibility index (Phi) is 11.6. The zero-order valence-electron chi connectivity index (χ0n) is 21.1. The van der Waals surface area contributed by atoms with Crippen molar-refractivity contribution in [2.75, 3.05) is 6.61 Å². The molecule has 0 aromatic heterocycles. The summed E-state index contributed by atoms with van der Waals surface area (Å²) in [5, 5.41) is 19.6. The van der Waals surface area contributed by atoms with Crippen molar-refractivity contribution >= 4 is 5.71 Å². The van der Waals surface area contributed by atoms with Crippen LogP contribution in [0.3, 0.4) is 0 Å². The Bertz CT molecular complexity index is 862. The lowest BCUT2D eigenvalue weighted by Gasteiger charge is -2.24. The third-order valence-electron chi connectivity index (χ3n) is 6.04. The van der Waals surface area contributed by atoms with Crippen LogP contribution in [-0.2, 0) is 0 Å². The first-order valence-electron chi connectivity index (χ1n) is 10.9. The molecule has 0 amide bonds. The highest BCUT2D eigenvalue weighted by Gasteiger charge is 2.23. The second-order valence-corrected chi connectivity index (χ2v) is 8.21. The van der Waals surface area contributed by atoms with Gasteiger partial charge in [0.25, 0.3) is 0 Å². The van der Waals surface area contributed by atoms with Crippen LogP contribution in [0.5, 0.6) is 0 Å². The predicted molar refractivity (Wildman–Crippen MR) is 135 cm³/mol. The topological polar surface area (TPSA) is 44.1 Å². The van der Waals surface area contributed by atoms with E-state index in [0.717, 1.165) is 56.6 Å². The number of hydrogen-bond acceptors (Lipinski definition) is 2. The lowest BCUT2D eigenvalue weighted by molar-refractivity contribution is 0.332. The van der Waals surface area contributed by atoms with Gasteiger partial charge in [0.2, 0.25) is 0 Å². The number of rotatable bonds is 10. The third kappa shape index (κ3) is 6.40. The molecule has 2 heteroatoms. The summed E-state index contributed by atoms with van der Waals surface area (Å²) in [7, 11) is 0. The molecule has 0 aliphatic rings. The minimum absolute atomic E-state index is 0.115. The van der Waals surface area contributed by atoms with E-state index in [2.05, 4.69) is 74.6 Å². The predicted octanol–water partition coefficient (Wildman–Crippen LogP) is 8.20. The van der Waals surface area contributed by atoms with Crippen molar-refractivity contribution in [3.05, 3.63) is 80.5 Å². The fourth-order valence-electron chi connectivity index (χ4n) is 3.42. The zero-order valence-corrected chi connectivity index (χ0v) is 21.1. The average Bonchev–Trinajstić information content (AvgIpc) is 2.71.